The van der Waals surface area contributed by atoms with Crippen molar-refractivity contribution in [3.63, 3.8) is 0 Å². The van der Waals surface area contributed by atoms with Gasteiger partial charge in [-0.3, -0.25) is 4.79 Å². The Balaban J connectivity index is 1.60. The third-order valence-electron chi connectivity index (χ3n) is 4.15. The van der Waals surface area contributed by atoms with Gasteiger partial charge in [-0.05, 0) is 38.1 Å². The van der Waals surface area contributed by atoms with Gasteiger partial charge in [-0.1, -0.05) is 41.4 Å². The number of carbonyl (C=O) groups excluding carboxylic acids is 2. The molecule has 3 aromatic rings. The Kier molecular flexibility index (Phi) is 6.87. The van der Waals surface area contributed by atoms with E-state index in [0.29, 0.717) is 5.02 Å². The van der Waals surface area contributed by atoms with Gasteiger partial charge in [0.2, 0.25) is 0 Å². The van der Waals surface area contributed by atoms with Crippen molar-refractivity contribution in [3.05, 3.63) is 75.7 Å². The minimum absolute atomic E-state index is 0.136. The van der Waals surface area contributed by atoms with Crippen LogP contribution in [-0.2, 0) is 14.3 Å². The Morgan fingerprint density at radius 2 is 1.93 bits per heavy atom. The lowest BCUT2D eigenvalue weighted by Gasteiger charge is -2.06. The van der Waals surface area contributed by atoms with E-state index in [1.54, 1.807) is 10.8 Å². The summed E-state index contributed by atoms with van der Waals surface area (Å²) < 4.78 is 6.77. The molecule has 0 aliphatic rings. The number of hydrogen-bond donors (Lipinski definition) is 1. The van der Waals surface area contributed by atoms with Gasteiger partial charge in [0, 0.05) is 23.5 Å². The molecule has 1 N–H and O–H groups in total. The summed E-state index contributed by atoms with van der Waals surface area (Å²) in [5.41, 5.74) is 3.37. The molecule has 1 aromatic carbocycles. The van der Waals surface area contributed by atoms with Gasteiger partial charge < -0.3 is 10.1 Å². The average molecular weight is 445 g/mol. The number of pyridine rings is 1. The topological polar surface area (TPSA) is 86.1 Å². The minimum Gasteiger partial charge on any atom is -0.452 e. The molecule has 0 saturated carbocycles. The monoisotopic (exact) mass is 444 g/mol. The number of aromatic nitrogens is 3. The molecule has 1 amide bonds. The molecule has 3 rings (SSSR count). The highest BCUT2D eigenvalue weighted by Gasteiger charge is 2.12. The zero-order valence-electron chi connectivity index (χ0n) is 16.2. The molecular formula is C21H18Cl2N4O3. The van der Waals surface area contributed by atoms with Crippen LogP contribution in [0.5, 0.6) is 0 Å². The van der Waals surface area contributed by atoms with E-state index >= 15 is 0 Å². The number of para-hydroxylation sites is 1. The van der Waals surface area contributed by atoms with Crippen LogP contribution < -0.4 is 5.32 Å². The van der Waals surface area contributed by atoms with Gasteiger partial charge in [0.1, 0.15) is 0 Å². The van der Waals surface area contributed by atoms with Crippen LogP contribution >= 0.6 is 23.2 Å². The van der Waals surface area contributed by atoms with Crippen molar-refractivity contribution in [2.24, 2.45) is 0 Å². The fraction of sp³-hybridized carbons (Fsp3) is 0.143. The van der Waals surface area contributed by atoms with Crippen molar-refractivity contribution in [2.45, 2.75) is 13.8 Å². The van der Waals surface area contributed by atoms with Gasteiger partial charge >= 0.3 is 5.97 Å². The number of hydrogen-bond acceptors (Lipinski definition) is 5. The highest BCUT2D eigenvalue weighted by atomic mass is 35.5. The van der Waals surface area contributed by atoms with E-state index in [2.05, 4.69) is 15.4 Å². The molecule has 0 spiro atoms. The number of nitrogens with zero attached hydrogens (tertiary/aromatic N) is 3. The summed E-state index contributed by atoms with van der Waals surface area (Å²) >= 11 is 11.7. The molecule has 9 heteroatoms. The van der Waals surface area contributed by atoms with Crippen molar-refractivity contribution < 1.29 is 14.3 Å². The van der Waals surface area contributed by atoms with Crippen LogP contribution in [0.1, 0.15) is 17.0 Å². The van der Waals surface area contributed by atoms with Gasteiger partial charge in [-0.25, -0.2) is 14.5 Å². The summed E-state index contributed by atoms with van der Waals surface area (Å²) in [6.45, 7) is 3.28. The zero-order valence-corrected chi connectivity index (χ0v) is 17.7. The van der Waals surface area contributed by atoms with Crippen molar-refractivity contribution in [2.75, 3.05) is 11.9 Å². The van der Waals surface area contributed by atoms with Crippen molar-refractivity contribution in [1.82, 2.24) is 14.8 Å². The maximum atomic E-state index is 12.0. The molecule has 0 unspecified atom stereocenters. The van der Waals surface area contributed by atoms with E-state index in [0.717, 1.165) is 22.6 Å². The van der Waals surface area contributed by atoms with Crippen molar-refractivity contribution in [3.8, 4) is 5.69 Å². The lowest BCUT2D eigenvalue weighted by atomic mass is 10.2. The fourth-order valence-corrected chi connectivity index (χ4v) is 3.15. The second-order valence-electron chi connectivity index (χ2n) is 6.31. The number of rotatable bonds is 6. The summed E-state index contributed by atoms with van der Waals surface area (Å²) in [6, 6.07) is 11.1. The molecule has 154 valence electrons. The first-order valence-corrected chi connectivity index (χ1v) is 9.68. The molecule has 2 aromatic heterocycles. The molecule has 0 aliphatic carbocycles. The molecule has 2 heterocycles. The summed E-state index contributed by atoms with van der Waals surface area (Å²) in [5, 5.41) is 7.49. The van der Waals surface area contributed by atoms with Gasteiger partial charge in [-0.2, -0.15) is 5.10 Å². The van der Waals surface area contributed by atoms with E-state index in [-0.39, 0.29) is 10.8 Å². The first-order chi connectivity index (χ1) is 14.3. The number of anilines is 1. The lowest BCUT2D eigenvalue weighted by Crippen LogP contribution is -2.20. The second kappa shape index (κ2) is 9.56. The fourth-order valence-electron chi connectivity index (χ4n) is 2.73. The lowest BCUT2D eigenvalue weighted by molar-refractivity contribution is -0.142. The largest absolute Gasteiger partial charge is 0.452 e. The predicted molar refractivity (Wildman–Crippen MR) is 116 cm³/mol. The minimum atomic E-state index is -0.661. The van der Waals surface area contributed by atoms with Gasteiger partial charge in [-0.15, -0.1) is 0 Å². The van der Waals surface area contributed by atoms with E-state index in [1.165, 1.54) is 18.3 Å². The van der Waals surface area contributed by atoms with E-state index in [4.69, 9.17) is 27.9 Å². The summed E-state index contributed by atoms with van der Waals surface area (Å²) in [4.78, 5) is 27.9. The van der Waals surface area contributed by atoms with E-state index < -0.39 is 18.5 Å². The molecule has 0 fully saturated rings. The smallest absolute Gasteiger partial charge is 0.331 e. The Morgan fingerprint density at radius 1 is 1.20 bits per heavy atom. The third kappa shape index (κ3) is 5.25. The molecule has 0 bridgehead atoms. The first kappa shape index (κ1) is 21.5. The molecule has 0 atom stereocenters. The molecule has 0 aliphatic heterocycles. The Hall–Kier alpha value is -3.16. The molecule has 30 heavy (non-hydrogen) atoms. The van der Waals surface area contributed by atoms with Gasteiger partial charge in [0.25, 0.3) is 5.91 Å². The van der Waals surface area contributed by atoms with Crippen LogP contribution in [0.4, 0.5) is 5.82 Å². The van der Waals surface area contributed by atoms with Crippen LogP contribution in [-0.4, -0.2) is 33.2 Å². The van der Waals surface area contributed by atoms with Crippen LogP contribution in [0.25, 0.3) is 11.8 Å². The van der Waals surface area contributed by atoms with Crippen molar-refractivity contribution >= 4 is 47.0 Å². The number of esters is 1. The van der Waals surface area contributed by atoms with Gasteiger partial charge in [0.15, 0.2) is 12.4 Å². The number of amides is 1. The van der Waals surface area contributed by atoms with Gasteiger partial charge in [0.05, 0.1) is 21.4 Å². The van der Waals surface area contributed by atoms with Crippen LogP contribution in [0.15, 0.2) is 48.7 Å². The Bertz CT molecular complexity index is 1110. The van der Waals surface area contributed by atoms with Crippen LogP contribution in [0.2, 0.25) is 10.0 Å². The molecule has 0 radical (unpaired) electrons. The first-order valence-electron chi connectivity index (χ1n) is 8.92. The Labute approximate surface area is 183 Å². The second-order valence-corrected chi connectivity index (χ2v) is 7.15. The standard InChI is InChI=1S/C21H18Cl2N4O3/c1-13-17(14(2)27(26-13)16-6-4-3-5-7-16)8-9-20(29)30-12-19(28)25-21-18(23)10-15(22)11-24-21/h3-11H,12H2,1-2H3,(H,24,25,28)/b9-8+. The number of aryl methyl sites for hydroxylation is 1. The number of benzene rings is 1. The SMILES string of the molecule is Cc1nn(-c2ccccc2)c(C)c1/C=C/C(=O)OCC(=O)Nc1ncc(Cl)cc1Cl. The number of nitrogens with one attached hydrogen (secondary N) is 1. The highest BCUT2D eigenvalue weighted by Crippen LogP contribution is 2.22. The number of halogens is 2. The van der Waals surface area contributed by atoms with Crippen molar-refractivity contribution in [1.29, 1.82) is 0 Å². The summed E-state index contributed by atoms with van der Waals surface area (Å²) in [6.07, 6.45) is 4.22. The normalized spacial score (nSPS) is 10.9. The quantitative estimate of drug-likeness (QED) is 0.450. The molecular weight excluding hydrogens is 427 g/mol. The van der Waals surface area contributed by atoms with E-state index in [1.807, 2.05) is 44.2 Å². The van der Waals surface area contributed by atoms with Crippen LogP contribution in [0.3, 0.4) is 0 Å². The summed E-state index contributed by atoms with van der Waals surface area (Å²) in [7, 11) is 0. The number of carbonyl (C=O) groups is 2. The molecule has 0 saturated heterocycles. The highest BCUT2D eigenvalue weighted by molar-refractivity contribution is 6.36. The maximum Gasteiger partial charge on any atom is 0.331 e. The third-order valence-corrected chi connectivity index (χ3v) is 4.64. The Morgan fingerprint density at radius 3 is 2.63 bits per heavy atom. The van der Waals surface area contributed by atoms with E-state index in [9.17, 15) is 9.59 Å². The molecule has 7 nitrogen and oxygen atoms in total. The van der Waals surface area contributed by atoms with Crippen LogP contribution in [0, 0.1) is 13.8 Å². The summed E-state index contributed by atoms with van der Waals surface area (Å²) in [5.74, 6) is -1.10. The average Bonchev–Trinajstić information content (AvgIpc) is 3.01. The maximum absolute atomic E-state index is 12.0. The zero-order chi connectivity index (χ0) is 21.7. The number of ether oxygens (including phenoxy) is 1. The predicted octanol–water partition coefficient (Wildman–Crippen LogP) is 4.39.